The summed E-state index contributed by atoms with van der Waals surface area (Å²) in [6.07, 6.45) is -4.71. The van der Waals surface area contributed by atoms with Crippen molar-refractivity contribution in [2.75, 3.05) is 43.1 Å². The van der Waals surface area contributed by atoms with Gasteiger partial charge in [0.25, 0.3) is 0 Å². The summed E-state index contributed by atoms with van der Waals surface area (Å²) in [6, 6.07) is 2.83. The lowest BCUT2D eigenvalue weighted by Crippen LogP contribution is -2.47. The third-order valence-corrected chi connectivity index (χ3v) is 5.95. The van der Waals surface area contributed by atoms with Crippen molar-refractivity contribution < 1.29 is 26.3 Å². The predicted octanol–water partition coefficient (Wildman–Crippen LogP) is 1.68. The summed E-state index contributed by atoms with van der Waals surface area (Å²) in [5.74, 6) is 0.558. The number of aromatic nitrogens is 2. The van der Waals surface area contributed by atoms with Gasteiger partial charge in [-0.2, -0.15) is 17.5 Å². The van der Waals surface area contributed by atoms with Gasteiger partial charge in [-0.3, -0.25) is 0 Å². The minimum Gasteiger partial charge on any atom is -0.377 e. The second kappa shape index (κ2) is 7.81. The van der Waals surface area contributed by atoms with Gasteiger partial charge in [-0.05, 0) is 18.2 Å². The van der Waals surface area contributed by atoms with E-state index in [0.717, 1.165) is 12.1 Å². The molecule has 1 saturated heterocycles. The third-order valence-electron chi connectivity index (χ3n) is 4.22. The quantitative estimate of drug-likeness (QED) is 0.759. The number of hydrogen-bond acceptors (Lipinski definition) is 8. The summed E-state index contributed by atoms with van der Waals surface area (Å²) in [6.45, 7) is 1.83. The van der Waals surface area contributed by atoms with E-state index in [1.165, 1.54) is 11.5 Å². The van der Waals surface area contributed by atoms with Gasteiger partial charge in [0, 0.05) is 50.5 Å². The third kappa shape index (κ3) is 4.54. The zero-order valence-corrected chi connectivity index (χ0v) is 16.4. The fourth-order valence-electron chi connectivity index (χ4n) is 2.89. The Morgan fingerprint density at radius 1 is 1.21 bits per heavy atom. The minimum atomic E-state index is -4.71. The van der Waals surface area contributed by atoms with E-state index < -0.39 is 26.7 Å². The van der Waals surface area contributed by atoms with Crippen molar-refractivity contribution >= 4 is 32.4 Å². The maximum atomic E-state index is 13.5. The lowest BCUT2D eigenvalue weighted by Gasteiger charge is -2.37. The van der Waals surface area contributed by atoms with Gasteiger partial charge >= 0.3 is 6.18 Å². The normalized spacial score (nSPS) is 15.9. The number of anilines is 2. The number of hydrogen-bond donors (Lipinski definition) is 1. The monoisotopic (exact) mass is 437 g/mol. The molecule has 13 heteroatoms. The second-order valence-corrected chi connectivity index (χ2v) is 8.41. The first kappa shape index (κ1) is 20.8. The molecule has 0 saturated carbocycles. The molecule has 2 N–H and O–H groups in total. The van der Waals surface area contributed by atoms with E-state index in [0.29, 0.717) is 49.8 Å². The molecule has 8 nitrogen and oxygen atoms in total. The molecule has 1 aromatic carbocycles. The van der Waals surface area contributed by atoms with Crippen molar-refractivity contribution in [1.82, 2.24) is 9.36 Å². The summed E-state index contributed by atoms with van der Waals surface area (Å²) in [7, 11) is -2.69. The predicted molar refractivity (Wildman–Crippen MR) is 97.9 cm³/mol. The molecule has 154 valence electrons. The van der Waals surface area contributed by atoms with Crippen molar-refractivity contribution in [3.63, 3.8) is 0 Å². The van der Waals surface area contributed by atoms with Gasteiger partial charge in [0.15, 0.2) is 5.82 Å². The zero-order valence-electron chi connectivity index (χ0n) is 14.8. The first-order chi connectivity index (χ1) is 13.1. The van der Waals surface area contributed by atoms with Crippen molar-refractivity contribution in [2.45, 2.75) is 17.7 Å². The molecule has 2 aromatic rings. The summed E-state index contributed by atoms with van der Waals surface area (Å²) in [5, 5.41) is 5.65. The summed E-state index contributed by atoms with van der Waals surface area (Å²) < 4.78 is 72.4. The number of nitrogens with zero attached hydrogens (tertiary/aromatic N) is 4. The second-order valence-electron chi connectivity index (χ2n) is 6.12. The lowest BCUT2D eigenvalue weighted by molar-refractivity contribution is -0.137. The molecule has 0 unspecified atom stereocenters. The molecule has 1 aliphatic rings. The van der Waals surface area contributed by atoms with Crippen LogP contribution in [0.2, 0.25) is 0 Å². The van der Waals surface area contributed by atoms with Crippen molar-refractivity contribution in [3.8, 4) is 0 Å². The van der Waals surface area contributed by atoms with Crippen LogP contribution in [0.5, 0.6) is 0 Å². The van der Waals surface area contributed by atoms with Gasteiger partial charge < -0.3 is 14.5 Å². The summed E-state index contributed by atoms with van der Waals surface area (Å²) >= 11 is 1.21. The number of primary sulfonamides is 1. The molecule has 28 heavy (non-hydrogen) atoms. The Kier molecular flexibility index (Phi) is 5.79. The van der Waals surface area contributed by atoms with Crippen LogP contribution in [-0.4, -0.2) is 51.1 Å². The van der Waals surface area contributed by atoms with Crippen LogP contribution in [0.25, 0.3) is 0 Å². The van der Waals surface area contributed by atoms with Crippen LogP contribution in [-0.2, 0) is 27.5 Å². The van der Waals surface area contributed by atoms with E-state index in [-0.39, 0.29) is 5.69 Å². The largest absolute Gasteiger partial charge is 0.418 e. The van der Waals surface area contributed by atoms with Crippen molar-refractivity contribution in [3.05, 3.63) is 29.6 Å². The molecule has 0 aliphatic carbocycles. The Morgan fingerprint density at radius 3 is 2.43 bits per heavy atom. The topological polar surface area (TPSA) is 102 Å². The van der Waals surface area contributed by atoms with Gasteiger partial charge in [0.2, 0.25) is 15.2 Å². The van der Waals surface area contributed by atoms with E-state index >= 15 is 0 Å². The molecule has 3 rings (SSSR count). The molecule has 2 heterocycles. The van der Waals surface area contributed by atoms with Gasteiger partial charge in [-0.15, -0.1) is 0 Å². The van der Waals surface area contributed by atoms with Crippen LogP contribution >= 0.6 is 11.5 Å². The van der Waals surface area contributed by atoms with E-state index in [2.05, 4.69) is 9.36 Å². The van der Waals surface area contributed by atoms with Gasteiger partial charge in [0.1, 0.15) is 6.61 Å². The fourth-order valence-corrected chi connectivity index (χ4v) is 4.16. The number of halogens is 3. The Balaban J connectivity index is 1.79. The van der Waals surface area contributed by atoms with Crippen LogP contribution in [0, 0.1) is 0 Å². The maximum absolute atomic E-state index is 13.5. The Hall–Kier alpha value is -1.96. The number of ether oxygens (including phenoxy) is 1. The van der Waals surface area contributed by atoms with Crippen molar-refractivity contribution in [1.29, 1.82) is 0 Å². The van der Waals surface area contributed by atoms with Crippen LogP contribution in [0.15, 0.2) is 23.1 Å². The number of sulfonamides is 1. The molecule has 0 spiro atoms. The highest BCUT2D eigenvalue weighted by molar-refractivity contribution is 7.89. The van der Waals surface area contributed by atoms with Crippen molar-refractivity contribution in [2.24, 2.45) is 5.14 Å². The lowest BCUT2D eigenvalue weighted by atomic mass is 10.1. The maximum Gasteiger partial charge on any atom is 0.418 e. The first-order valence-corrected chi connectivity index (χ1v) is 10.5. The molecule has 0 atom stereocenters. The standard InChI is InChI=1S/C15H18F3N5O3S2/c1-26-9-13-20-14(27-21-13)23-6-4-22(5-7-23)12-3-2-10(28(19,24)25)8-11(12)15(16,17)18/h2-3,8H,4-7,9H2,1H3,(H2,19,24,25). The fraction of sp³-hybridized carbons (Fsp3) is 0.467. The minimum absolute atomic E-state index is 0.0723. The van der Waals surface area contributed by atoms with E-state index in [9.17, 15) is 21.6 Å². The highest BCUT2D eigenvalue weighted by Crippen LogP contribution is 2.38. The number of nitrogens with two attached hydrogens (primary N) is 1. The first-order valence-electron chi connectivity index (χ1n) is 8.15. The van der Waals surface area contributed by atoms with E-state index in [4.69, 9.17) is 9.88 Å². The number of alkyl halides is 3. The average Bonchev–Trinajstić information content (AvgIpc) is 3.09. The molecular formula is C15H18F3N5O3S2. The van der Waals surface area contributed by atoms with E-state index in [1.54, 1.807) is 12.0 Å². The summed E-state index contributed by atoms with van der Waals surface area (Å²) in [4.78, 5) is 7.29. The van der Waals surface area contributed by atoms with Gasteiger partial charge in [0.05, 0.1) is 10.5 Å². The summed E-state index contributed by atoms with van der Waals surface area (Å²) in [5.41, 5.74) is -1.09. The molecule has 0 amide bonds. The number of rotatable bonds is 5. The SMILES string of the molecule is COCc1nsc(N2CCN(c3ccc(S(N)(=O)=O)cc3C(F)(F)F)CC2)n1. The highest BCUT2D eigenvalue weighted by Gasteiger charge is 2.36. The van der Waals surface area contributed by atoms with Crippen LogP contribution in [0.4, 0.5) is 24.0 Å². The van der Waals surface area contributed by atoms with Crippen LogP contribution < -0.4 is 14.9 Å². The molecular weight excluding hydrogens is 419 g/mol. The number of methoxy groups -OCH3 is 1. The Bertz CT molecular complexity index is 941. The molecule has 1 aromatic heterocycles. The van der Waals surface area contributed by atoms with Crippen LogP contribution in [0.3, 0.4) is 0 Å². The Labute approximate surface area is 163 Å². The molecule has 0 bridgehead atoms. The highest BCUT2D eigenvalue weighted by atomic mass is 32.2. The zero-order chi connectivity index (χ0) is 20.5. The number of benzene rings is 1. The van der Waals surface area contributed by atoms with Gasteiger partial charge in [-0.1, -0.05) is 0 Å². The Morgan fingerprint density at radius 2 is 1.86 bits per heavy atom. The number of piperazine rings is 1. The van der Waals surface area contributed by atoms with E-state index in [1.807, 2.05) is 4.90 Å². The molecule has 0 radical (unpaired) electrons. The van der Waals surface area contributed by atoms with Gasteiger partial charge in [-0.25, -0.2) is 18.5 Å². The molecule has 1 aliphatic heterocycles. The smallest absolute Gasteiger partial charge is 0.377 e. The average molecular weight is 437 g/mol. The molecule has 1 fully saturated rings. The van der Waals surface area contributed by atoms with Crippen LogP contribution in [0.1, 0.15) is 11.4 Å².